The predicted molar refractivity (Wildman–Crippen MR) is 87.2 cm³/mol. The molecule has 2 heterocycles. The van der Waals surface area contributed by atoms with Crippen LogP contribution in [0.15, 0.2) is 23.8 Å². The smallest absolute Gasteiger partial charge is 0.253 e. The van der Waals surface area contributed by atoms with Crippen molar-refractivity contribution in [1.82, 2.24) is 4.90 Å². The van der Waals surface area contributed by atoms with E-state index in [2.05, 4.69) is 0 Å². The van der Waals surface area contributed by atoms with Crippen molar-refractivity contribution in [2.24, 2.45) is 17.6 Å². The van der Waals surface area contributed by atoms with Crippen molar-refractivity contribution in [3.63, 3.8) is 0 Å². The van der Waals surface area contributed by atoms with Gasteiger partial charge >= 0.3 is 0 Å². The molecule has 0 radical (unpaired) electrons. The summed E-state index contributed by atoms with van der Waals surface area (Å²) in [6.45, 7) is 1.91. The van der Waals surface area contributed by atoms with E-state index in [9.17, 15) is 4.79 Å². The Morgan fingerprint density at radius 2 is 2.22 bits per heavy atom. The van der Waals surface area contributed by atoms with E-state index < -0.39 is 0 Å². The fraction of sp³-hybridized carbons (Fsp3) is 0.500. The lowest BCUT2D eigenvalue weighted by Crippen LogP contribution is -2.35. The molecular formula is C18H22N2O3. The Morgan fingerprint density at radius 3 is 3.00 bits per heavy atom. The van der Waals surface area contributed by atoms with Gasteiger partial charge in [-0.1, -0.05) is 12.1 Å². The number of amides is 1. The minimum absolute atomic E-state index is 0.0834. The van der Waals surface area contributed by atoms with Gasteiger partial charge in [-0.2, -0.15) is 0 Å². The van der Waals surface area contributed by atoms with Crippen LogP contribution in [0.3, 0.4) is 0 Å². The number of carbonyl (C=O) groups is 1. The van der Waals surface area contributed by atoms with Crippen LogP contribution in [0.25, 0.3) is 6.08 Å². The first-order valence-electron chi connectivity index (χ1n) is 8.22. The second kappa shape index (κ2) is 5.57. The van der Waals surface area contributed by atoms with Crippen molar-refractivity contribution in [2.45, 2.75) is 18.9 Å². The van der Waals surface area contributed by atoms with Crippen molar-refractivity contribution in [1.29, 1.82) is 0 Å². The summed E-state index contributed by atoms with van der Waals surface area (Å²) in [5, 5.41) is 0. The fourth-order valence-electron chi connectivity index (χ4n) is 4.14. The molecule has 0 spiro atoms. The summed E-state index contributed by atoms with van der Waals surface area (Å²) in [6, 6.07) is 5.96. The Hall–Kier alpha value is -2.01. The van der Waals surface area contributed by atoms with Gasteiger partial charge in [0.15, 0.2) is 11.5 Å². The Kier molecular flexibility index (Phi) is 3.53. The van der Waals surface area contributed by atoms with Gasteiger partial charge in [-0.05, 0) is 36.8 Å². The van der Waals surface area contributed by atoms with Crippen LogP contribution in [0.1, 0.15) is 18.4 Å². The Bertz CT molecular complexity index is 670. The van der Waals surface area contributed by atoms with Crippen molar-refractivity contribution in [3.05, 3.63) is 29.3 Å². The number of nitrogens with two attached hydrogens (primary N) is 1. The molecule has 5 heteroatoms. The molecule has 3 unspecified atom stereocenters. The summed E-state index contributed by atoms with van der Waals surface area (Å²) in [6.07, 6.45) is 4.17. The normalized spacial score (nSPS) is 28.7. The SMILES string of the molecule is COc1cccc2c1OCC(C(=O)N1CC3CCC(N)C3C1)=C2. The van der Waals surface area contributed by atoms with Crippen LogP contribution < -0.4 is 15.2 Å². The van der Waals surface area contributed by atoms with Crippen LogP contribution in [0.5, 0.6) is 11.5 Å². The monoisotopic (exact) mass is 314 g/mol. The number of fused-ring (bicyclic) bond motifs is 2. The number of ether oxygens (including phenoxy) is 2. The summed E-state index contributed by atoms with van der Waals surface area (Å²) in [7, 11) is 1.62. The van der Waals surface area contributed by atoms with Gasteiger partial charge in [0.2, 0.25) is 0 Å². The van der Waals surface area contributed by atoms with E-state index in [1.807, 2.05) is 29.2 Å². The van der Waals surface area contributed by atoms with E-state index in [4.69, 9.17) is 15.2 Å². The third-order valence-corrected chi connectivity index (χ3v) is 5.41. The summed E-state index contributed by atoms with van der Waals surface area (Å²) in [4.78, 5) is 14.8. The molecule has 1 aromatic carbocycles. The van der Waals surface area contributed by atoms with Crippen molar-refractivity contribution < 1.29 is 14.3 Å². The summed E-state index contributed by atoms with van der Waals surface area (Å²) >= 11 is 0. The average Bonchev–Trinajstić information content (AvgIpc) is 3.15. The Morgan fingerprint density at radius 1 is 1.35 bits per heavy atom. The number of rotatable bonds is 2. The summed E-state index contributed by atoms with van der Waals surface area (Å²) < 4.78 is 11.1. The second-order valence-corrected chi connectivity index (χ2v) is 6.71. The minimum atomic E-state index is 0.0834. The van der Waals surface area contributed by atoms with E-state index in [1.54, 1.807) is 7.11 Å². The molecule has 0 aromatic heterocycles. The Labute approximate surface area is 136 Å². The maximum absolute atomic E-state index is 12.8. The first-order chi connectivity index (χ1) is 11.2. The van der Waals surface area contributed by atoms with Crippen molar-refractivity contribution >= 4 is 12.0 Å². The lowest BCUT2D eigenvalue weighted by atomic mass is 9.98. The number of carbonyl (C=O) groups excluding carboxylic acids is 1. The van der Waals surface area contributed by atoms with Gasteiger partial charge in [-0.25, -0.2) is 0 Å². The predicted octanol–water partition coefficient (Wildman–Crippen LogP) is 1.67. The highest BCUT2D eigenvalue weighted by Gasteiger charge is 2.43. The van der Waals surface area contributed by atoms with Gasteiger partial charge in [-0.15, -0.1) is 0 Å². The van der Waals surface area contributed by atoms with Gasteiger partial charge < -0.3 is 20.1 Å². The van der Waals surface area contributed by atoms with Gasteiger partial charge in [0.1, 0.15) is 6.61 Å². The quantitative estimate of drug-likeness (QED) is 0.902. The molecule has 1 aliphatic carbocycles. The molecule has 1 aromatic rings. The zero-order valence-corrected chi connectivity index (χ0v) is 13.3. The lowest BCUT2D eigenvalue weighted by molar-refractivity contribution is -0.126. The number of benzene rings is 1. The minimum Gasteiger partial charge on any atom is -0.493 e. The average molecular weight is 314 g/mol. The maximum Gasteiger partial charge on any atom is 0.253 e. The third-order valence-electron chi connectivity index (χ3n) is 5.41. The first kappa shape index (κ1) is 14.6. The molecule has 1 amide bonds. The summed E-state index contributed by atoms with van der Waals surface area (Å²) in [5.74, 6) is 2.54. The van der Waals surface area contributed by atoms with Crippen LogP contribution in [0.4, 0.5) is 0 Å². The summed E-state index contributed by atoms with van der Waals surface area (Å²) in [5.41, 5.74) is 7.77. The van der Waals surface area contributed by atoms with E-state index in [-0.39, 0.29) is 11.9 Å². The zero-order chi connectivity index (χ0) is 16.0. The van der Waals surface area contributed by atoms with Crippen LogP contribution in [-0.4, -0.2) is 43.7 Å². The number of hydrogen-bond acceptors (Lipinski definition) is 4. The number of likely N-dealkylation sites (tertiary alicyclic amines) is 1. The fourth-order valence-corrected chi connectivity index (χ4v) is 4.14. The topological polar surface area (TPSA) is 64.8 Å². The molecule has 1 saturated heterocycles. The molecule has 4 rings (SSSR count). The van der Waals surface area contributed by atoms with Gasteiger partial charge in [0.25, 0.3) is 5.91 Å². The van der Waals surface area contributed by atoms with Crippen LogP contribution in [-0.2, 0) is 4.79 Å². The number of nitrogens with zero attached hydrogens (tertiary/aromatic N) is 1. The van der Waals surface area contributed by atoms with Gasteiger partial charge in [-0.3, -0.25) is 4.79 Å². The number of hydrogen-bond donors (Lipinski definition) is 1. The highest BCUT2D eigenvalue weighted by atomic mass is 16.5. The molecule has 122 valence electrons. The molecule has 0 bridgehead atoms. The maximum atomic E-state index is 12.8. The molecular weight excluding hydrogens is 292 g/mol. The van der Waals surface area contributed by atoms with Crippen LogP contribution in [0, 0.1) is 11.8 Å². The van der Waals surface area contributed by atoms with Crippen LogP contribution in [0.2, 0.25) is 0 Å². The van der Waals surface area contributed by atoms with E-state index >= 15 is 0 Å². The molecule has 5 nitrogen and oxygen atoms in total. The molecule has 23 heavy (non-hydrogen) atoms. The van der Waals surface area contributed by atoms with Crippen molar-refractivity contribution in [3.8, 4) is 11.5 Å². The second-order valence-electron chi connectivity index (χ2n) is 6.71. The molecule has 1 saturated carbocycles. The third kappa shape index (κ3) is 2.39. The Balaban J connectivity index is 1.55. The zero-order valence-electron chi connectivity index (χ0n) is 13.3. The van der Waals surface area contributed by atoms with Gasteiger partial charge in [0, 0.05) is 24.7 Å². The van der Waals surface area contributed by atoms with E-state index in [0.29, 0.717) is 35.5 Å². The van der Waals surface area contributed by atoms with Crippen LogP contribution >= 0.6 is 0 Å². The number of para-hydroxylation sites is 1. The lowest BCUT2D eigenvalue weighted by Gasteiger charge is -2.24. The molecule has 3 atom stereocenters. The largest absolute Gasteiger partial charge is 0.493 e. The highest BCUT2D eigenvalue weighted by Crippen LogP contribution is 2.39. The molecule has 2 fully saturated rings. The van der Waals surface area contributed by atoms with Gasteiger partial charge in [0.05, 0.1) is 12.7 Å². The molecule has 2 aliphatic heterocycles. The number of methoxy groups -OCH3 is 1. The molecule has 3 aliphatic rings. The highest BCUT2D eigenvalue weighted by molar-refractivity contribution is 5.99. The standard InChI is InChI=1S/C18H22N2O3/c1-22-16-4-2-3-11-7-13(10-23-17(11)16)18(21)20-8-12-5-6-15(19)14(12)9-20/h2-4,7,12,14-15H,5-6,8-10,19H2,1H3. The molecule has 2 N–H and O–H groups in total. The first-order valence-corrected chi connectivity index (χ1v) is 8.22. The van der Waals surface area contributed by atoms with Crippen molar-refractivity contribution in [2.75, 3.05) is 26.8 Å². The van der Waals surface area contributed by atoms with E-state index in [0.717, 1.165) is 31.5 Å². The van der Waals surface area contributed by atoms with E-state index in [1.165, 1.54) is 0 Å².